The van der Waals surface area contributed by atoms with Gasteiger partial charge in [-0.2, -0.15) is 0 Å². The van der Waals surface area contributed by atoms with Crippen molar-refractivity contribution in [1.29, 1.82) is 0 Å². The topological polar surface area (TPSA) is 44.5 Å². The molecule has 0 radical (unpaired) electrons. The third-order valence-corrected chi connectivity index (χ3v) is 3.98. The lowest BCUT2D eigenvalue weighted by atomic mass is 10.3. The van der Waals surface area contributed by atoms with Gasteiger partial charge in [-0.25, -0.2) is 0 Å². The van der Waals surface area contributed by atoms with Gasteiger partial charge in [-0.05, 0) is 24.6 Å². The van der Waals surface area contributed by atoms with E-state index in [9.17, 15) is 0 Å². The minimum atomic E-state index is 0.257. The van der Waals surface area contributed by atoms with Crippen LogP contribution in [0.4, 0.5) is 5.69 Å². The second-order valence-electron chi connectivity index (χ2n) is 3.60. The minimum Gasteiger partial charge on any atom is -0.399 e. The molecule has 0 spiro atoms. The first-order valence-electron chi connectivity index (χ1n) is 5.13. The van der Waals surface area contributed by atoms with Crippen LogP contribution in [-0.2, 0) is 9.47 Å². The Hall–Kier alpha value is -0.420. The van der Waals surface area contributed by atoms with E-state index in [1.165, 1.54) is 0 Å². The third kappa shape index (κ3) is 3.28. The number of halogens is 1. The Bertz CT molecular complexity index is 356. The molecule has 2 rings (SSSR count). The normalized spacial score (nSPS) is 20.9. The molecule has 1 saturated heterocycles. The van der Waals surface area contributed by atoms with E-state index in [1.807, 2.05) is 12.1 Å². The summed E-state index contributed by atoms with van der Waals surface area (Å²) in [5.74, 6) is 0.896. The average molecular weight is 260 g/mol. The highest BCUT2D eigenvalue weighted by molar-refractivity contribution is 7.99. The number of nitrogen functional groups attached to an aromatic ring is 1. The molecular formula is C11H14ClNO2S. The summed E-state index contributed by atoms with van der Waals surface area (Å²) in [6, 6.07) is 5.58. The molecule has 2 N–H and O–H groups in total. The lowest BCUT2D eigenvalue weighted by Crippen LogP contribution is -2.25. The van der Waals surface area contributed by atoms with Crippen LogP contribution in [-0.4, -0.2) is 25.3 Å². The third-order valence-electron chi connectivity index (χ3n) is 2.35. The standard InChI is InChI=1S/C11H14ClNO2S/c12-10-5-8(13)1-2-11(10)16-6-9-3-4-14-7-15-9/h1-2,5,9H,3-4,6-7,13H2. The molecular weight excluding hydrogens is 246 g/mol. The zero-order valence-electron chi connectivity index (χ0n) is 8.82. The van der Waals surface area contributed by atoms with Crippen molar-refractivity contribution in [2.45, 2.75) is 17.4 Å². The molecule has 1 aliphatic heterocycles. The van der Waals surface area contributed by atoms with Crippen LogP contribution in [0.2, 0.25) is 5.02 Å². The zero-order chi connectivity index (χ0) is 11.4. The van der Waals surface area contributed by atoms with E-state index in [0.29, 0.717) is 17.5 Å². The Morgan fingerprint density at radius 1 is 1.50 bits per heavy atom. The van der Waals surface area contributed by atoms with Gasteiger partial charge in [0.1, 0.15) is 6.79 Å². The first-order valence-corrected chi connectivity index (χ1v) is 6.49. The average Bonchev–Trinajstić information content (AvgIpc) is 2.29. The van der Waals surface area contributed by atoms with E-state index in [2.05, 4.69) is 0 Å². The number of rotatable bonds is 3. The van der Waals surface area contributed by atoms with Crippen LogP contribution >= 0.6 is 23.4 Å². The molecule has 0 saturated carbocycles. The maximum absolute atomic E-state index is 6.08. The molecule has 1 fully saturated rings. The monoisotopic (exact) mass is 259 g/mol. The van der Waals surface area contributed by atoms with Crippen LogP contribution in [0.25, 0.3) is 0 Å². The minimum absolute atomic E-state index is 0.257. The molecule has 1 heterocycles. The molecule has 0 bridgehead atoms. The Morgan fingerprint density at radius 3 is 3.06 bits per heavy atom. The zero-order valence-corrected chi connectivity index (χ0v) is 10.4. The summed E-state index contributed by atoms with van der Waals surface area (Å²) in [6.07, 6.45) is 1.20. The molecule has 5 heteroatoms. The number of hydrogen-bond donors (Lipinski definition) is 1. The van der Waals surface area contributed by atoms with Crippen molar-refractivity contribution in [2.75, 3.05) is 24.9 Å². The van der Waals surface area contributed by atoms with Crippen molar-refractivity contribution in [1.82, 2.24) is 0 Å². The Labute approximate surface area is 104 Å². The van der Waals surface area contributed by atoms with Gasteiger partial charge in [0.05, 0.1) is 17.7 Å². The highest BCUT2D eigenvalue weighted by Gasteiger charge is 2.14. The maximum atomic E-state index is 6.08. The second-order valence-corrected chi connectivity index (χ2v) is 5.07. The molecule has 0 aliphatic carbocycles. The quantitative estimate of drug-likeness (QED) is 0.670. The van der Waals surface area contributed by atoms with Gasteiger partial charge in [0.25, 0.3) is 0 Å². The predicted octanol–water partition coefficient (Wildman–Crippen LogP) is 2.78. The molecule has 1 unspecified atom stereocenters. The Morgan fingerprint density at radius 2 is 2.38 bits per heavy atom. The first kappa shape index (κ1) is 12.0. The number of hydrogen-bond acceptors (Lipinski definition) is 4. The molecule has 1 aliphatic rings. The van der Waals surface area contributed by atoms with Gasteiger partial charge in [0.2, 0.25) is 0 Å². The van der Waals surface area contributed by atoms with Crippen LogP contribution in [0.1, 0.15) is 6.42 Å². The van der Waals surface area contributed by atoms with Gasteiger partial charge in [0.15, 0.2) is 0 Å². The van der Waals surface area contributed by atoms with Crippen molar-refractivity contribution in [3.05, 3.63) is 23.2 Å². The summed E-state index contributed by atoms with van der Waals surface area (Å²) in [5, 5.41) is 0.706. The molecule has 1 aromatic carbocycles. The summed E-state index contributed by atoms with van der Waals surface area (Å²) >= 11 is 7.78. The van der Waals surface area contributed by atoms with E-state index in [0.717, 1.165) is 23.7 Å². The fraction of sp³-hybridized carbons (Fsp3) is 0.455. The number of thioether (sulfide) groups is 1. The van der Waals surface area contributed by atoms with E-state index in [4.69, 9.17) is 26.8 Å². The van der Waals surface area contributed by atoms with E-state index >= 15 is 0 Å². The van der Waals surface area contributed by atoms with Gasteiger partial charge < -0.3 is 15.2 Å². The van der Waals surface area contributed by atoms with Crippen molar-refractivity contribution in [2.24, 2.45) is 0 Å². The lowest BCUT2D eigenvalue weighted by Gasteiger charge is -2.22. The molecule has 1 aromatic rings. The predicted molar refractivity (Wildman–Crippen MR) is 66.9 cm³/mol. The second kappa shape index (κ2) is 5.77. The maximum Gasteiger partial charge on any atom is 0.147 e. The van der Waals surface area contributed by atoms with Crippen molar-refractivity contribution in [3.63, 3.8) is 0 Å². The van der Waals surface area contributed by atoms with E-state index in [-0.39, 0.29) is 6.10 Å². The largest absolute Gasteiger partial charge is 0.399 e. The van der Waals surface area contributed by atoms with Gasteiger partial charge >= 0.3 is 0 Å². The Balaban J connectivity index is 1.88. The molecule has 16 heavy (non-hydrogen) atoms. The summed E-state index contributed by atoms with van der Waals surface area (Å²) in [4.78, 5) is 1.05. The van der Waals surface area contributed by atoms with Crippen LogP contribution in [0.5, 0.6) is 0 Å². The highest BCUT2D eigenvalue weighted by Crippen LogP contribution is 2.30. The van der Waals surface area contributed by atoms with E-state index < -0.39 is 0 Å². The molecule has 3 nitrogen and oxygen atoms in total. The molecule has 0 amide bonds. The van der Waals surface area contributed by atoms with Gasteiger partial charge in [0, 0.05) is 16.3 Å². The molecule has 0 aromatic heterocycles. The van der Waals surface area contributed by atoms with Crippen molar-refractivity contribution >= 4 is 29.1 Å². The smallest absolute Gasteiger partial charge is 0.147 e. The molecule has 88 valence electrons. The summed E-state index contributed by atoms with van der Waals surface area (Å²) in [6.45, 7) is 1.18. The SMILES string of the molecule is Nc1ccc(SCC2CCOCO2)c(Cl)c1. The summed E-state index contributed by atoms with van der Waals surface area (Å²) in [5.41, 5.74) is 6.32. The number of anilines is 1. The summed E-state index contributed by atoms with van der Waals surface area (Å²) in [7, 11) is 0. The van der Waals surface area contributed by atoms with Gasteiger partial charge in [-0.1, -0.05) is 11.6 Å². The number of nitrogens with two attached hydrogens (primary N) is 1. The fourth-order valence-corrected chi connectivity index (χ4v) is 2.79. The fourth-order valence-electron chi connectivity index (χ4n) is 1.45. The van der Waals surface area contributed by atoms with Crippen LogP contribution < -0.4 is 5.73 Å². The van der Waals surface area contributed by atoms with Crippen molar-refractivity contribution < 1.29 is 9.47 Å². The lowest BCUT2D eigenvalue weighted by molar-refractivity contribution is -0.130. The Kier molecular flexibility index (Phi) is 4.35. The number of ether oxygens (including phenoxy) is 2. The van der Waals surface area contributed by atoms with Gasteiger partial charge in [-0.3, -0.25) is 0 Å². The van der Waals surface area contributed by atoms with Crippen LogP contribution in [0.15, 0.2) is 23.1 Å². The van der Waals surface area contributed by atoms with Crippen LogP contribution in [0, 0.1) is 0 Å². The highest BCUT2D eigenvalue weighted by atomic mass is 35.5. The molecule has 1 atom stereocenters. The summed E-state index contributed by atoms with van der Waals surface area (Å²) < 4.78 is 10.6. The van der Waals surface area contributed by atoms with Crippen molar-refractivity contribution in [3.8, 4) is 0 Å². The number of benzene rings is 1. The van der Waals surface area contributed by atoms with Crippen LogP contribution in [0.3, 0.4) is 0 Å². The first-order chi connectivity index (χ1) is 7.75. The van der Waals surface area contributed by atoms with Gasteiger partial charge in [-0.15, -0.1) is 11.8 Å². The van der Waals surface area contributed by atoms with E-state index in [1.54, 1.807) is 17.8 Å².